The number of carbonyl (C=O) groups is 3. The third-order valence-corrected chi connectivity index (χ3v) is 2.06. The van der Waals surface area contributed by atoms with Gasteiger partial charge in [0.15, 0.2) is 0 Å². The molecule has 0 saturated heterocycles. The van der Waals surface area contributed by atoms with Gasteiger partial charge in [-0.15, -0.1) is 0 Å². The maximum absolute atomic E-state index is 11.4. The second-order valence-electron chi connectivity index (χ2n) is 4.03. The summed E-state index contributed by atoms with van der Waals surface area (Å²) >= 11 is 0. The van der Waals surface area contributed by atoms with E-state index in [-0.39, 0.29) is 5.92 Å². The number of amides is 1. The molecule has 1 unspecified atom stereocenters. The van der Waals surface area contributed by atoms with Gasteiger partial charge in [-0.1, -0.05) is 13.8 Å². The maximum atomic E-state index is 11.4. The van der Waals surface area contributed by atoms with Crippen LogP contribution in [0.5, 0.6) is 0 Å². The molecule has 17 heavy (non-hydrogen) atoms. The number of methoxy groups -OCH3 is 2. The second-order valence-corrected chi connectivity index (χ2v) is 4.03. The van der Waals surface area contributed by atoms with Crippen LogP contribution < -0.4 is 5.32 Å². The topological polar surface area (TPSA) is 81.7 Å². The van der Waals surface area contributed by atoms with Crippen LogP contribution in [-0.4, -0.2) is 38.1 Å². The van der Waals surface area contributed by atoms with Crippen LogP contribution in [0.25, 0.3) is 0 Å². The van der Waals surface area contributed by atoms with E-state index in [9.17, 15) is 14.4 Å². The van der Waals surface area contributed by atoms with Gasteiger partial charge in [-0.3, -0.25) is 9.59 Å². The Morgan fingerprint density at radius 2 is 1.71 bits per heavy atom. The first kappa shape index (κ1) is 15.4. The van der Waals surface area contributed by atoms with E-state index in [1.807, 2.05) is 13.8 Å². The van der Waals surface area contributed by atoms with E-state index >= 15 is 0 Å². The highest BCUT2D eigenvalue weighted by Gasteiger charge is 2.23. The number of esters is 2. The van der Waals surface area contributed by atoms with E-state index in [1.165, 1.54) is 14.2 Å². The Kier molecular flexibility index (Phi) is 6.93. The lowest BCUT2D eigenvalue weighted by Crippen LogP contribution is -2.43. The van der Waals surface area contributed by atoms with Crippen molar-refractivity contribution in [3.63, 3.8) is 0 Å². The fourth-order valence-electron chi connectivity index (χ4n) is 1.28. The molecule has 0 aliphatic carbocycles. The lowest BCUT2D eigenvalue weighted by atomic mass is 10.0. The van der Waals surface area contributed by atoms with Gasteiger partial charge < -0.3 is 14.8 Å². The van der Waals surface area contributed by atoms with Crippen molar-refractivity contribution < 1.29 is 23.9 Å². The van der Waals surface area contributed by atoms with Crippen molar-refractivity contribution in [2.75, 3.05) is 14.2 Å². The molecule has 1 atom stereocenters. The molecule has 0 radical (unpaired) electrons. The van der Waals surface area contributed by atoms with Crippen molar-refractivity contribution in [1.29, 1.82) is 0 Å². The largest absolute Gasteiger partial charge is 0.469 e. The summed E-state index contributed by atoms with van der Waals surface area (Å²) in [6.45, 7) is 3.84. The number of rotatable bonds is 6. The van der Waals surface area contributed by atoms with Gasteiger partial charge in [0.05, 0.1) is 14.2 Å². The zero-order chi connectivity index (χ0) is 13.4. The first-order valence-electron chi connectivity index (χ1n) is 5.34. The SMILES string of the molecule is COC(=O)CC(=O)NC(CC(C)C)C(=O)OC. The minimum absolute atomic E-state index is 0.220. The van der Waals surface area contributed by atoms with Crippen LogP contribution in [0.3, 0.4) is 0 Å². The Balaban J connectivity index is 4.37. The summed E-state index contributed by atoms with van der Waals surface area (Å²) in [4.78, 5) is 33.7. The lowest BCUT2D eigenvalue weighted by molar-refractivity contribution is -0.148. The quantitative estimate of drug-likeness (QED) is 0.536. The van der Waals surface area contributed by atoms with Crippen molar-refractivity contribution in [3.8, 4) is 0 Å². The normalized spacial score (nSPS) is 11.8. The molecule has 6 nitrogen and oxygen atoms in total. The van der Waals surface area contributed by atoms with Gasteiger partial charge in [-0.05, 0) is 12.3 Å². The molecule has 98 valence electrons. The minimum atomic E-state index is -0.725. The smallest absolute Gasteiger partial charge is 0.328 e. The highest BCUT2D eigenvalue weighted by Crippen LogP contribution is 2.06. The third-order valence-electron chi connectivity index (χ3n) is 2.06. The lowest BCUT2D eigenvalue weighted by Gasteiger charge is -2.17. The van der Waals surface area contributed by atoms with Crippen LogP contribution in [0.4, 0.5) is 0 Å². The van der Waals surface area contributed by atoms with Gasteiger partial charge in [0.1, 0.15) is 12.5 Å². The highest BCUT2D eigenvalue weighted by atomic mass is 16.5. The molecule has 0 rings (SSSR count). The van der Waals surface area contributed by atoms with Crippen LogP contribution in [0.15, 0.2) is 0 Å². The Morgan fingerprint density at radius 3 is 2.12 bits per heavy atom. The van der Waals surface area contributed by atoms with Crippen LogP contribution in [0.2, 0.25) is 0 Å². The second kappa shape index (κ2) is 7.65. The summed E-state index contributed by atoms with van der Waals surface area (Å²) < 4.78 is 8.93. The van der Waals surface area contributed by atoms with Crippen molar-refractivity contribution in [1.82, 2.24) is 5.32 Å². The summed E-state index contributed by atoms with van der Waals surface area (Å²) in [6, 6.07) is -0.725. The van der Waals surface area contributed by atoms with E-state index in [0.717, 1.165) is 0 Å². The highest BCUT2D eigenvalue weighted by molar-refractivity contribution is 5.96. The van der Waals surface area contributed by atoms with E-state index in [4.69, 9.17) is 0 Å². The summed E-state index contributed by atoms with van der Waals surface area (Å²) in [7, 11) is 2.45. The Morgan fingerprint density at radius 1 is 1.12 bits per heavy atom. The molecule has 0 aliphatic rings. The molecule has 0 saturated carbocycles. The summed E-state index contributed by atoms with van der Waals surface area (Å²) in [6.07, 6.45) is 0.0572. The van der Waals surface area contributed by atoms with Crippen LogP contribution >= 0.6 is 0 Å². The van der Waals surface area contributed by atoms with Gasteiger partial charge in [0.25, 0.3) is 0 Å². The monoisotopic (exact) mass is 245 g/mol. The number of carbonyl (C=O) groups excluding carboxylic acids is 3. The van der Waals surface area contributed by atoms with E-state index < -0.39 is 30.3 Å². The fourth-order valence-corrected chi connectivity index (χ4v) is 1.28. The van der Waals surface area contributed by atoms with Gasteiger partial charge >= 0.3 is 11.9 Å². The zero-order valence-corrected chi connectivity index (χ0v) is 10.6. The van der Waals surface area contributed by atoms with Crippen molar-refractivity contribution in [3.05, 3.63) is 0 Å². The van der Waals surface area contributed by atoms with Gasteiger partial charge in [-0.2, -0.15) is 0 Å². The predicted octanol–water partition coefficient (Wildman–Crippen LogP) is 0.253. The molecule has 0 aliphatic heterocycles. The average Bonchev–Trinajstić information content (AvgIpc) is 2.26. The number of hydrogen-bond donors (Lipinski definition) is 1. The minimum Gasteiger partial charge on any atom is -0.469 e. The Labute approximate surface area is 101 Å². The molecule has 6 heteroatoms. The molecule has 0 aromatic rings. The van der Waals surface area contributed by atoms with E-state index in [2.05, 4.69) is 14.8 Å². The van der Waals surface area contributed by atoms with Gasteiger partial charge in [-0.25, -0.2) is 4.79 Å². The molecular weight excluding hydrogens is 226 g/mol. The molecular formula is C11H19NO5. The first-order chi connectivity index (χ1) is 7.90. The molecule has 0 heterocycles. The Bertz CT molecular complexity index is 288. The van der Waals surface area contributed by atoms with E-state index in [0.29, 0.717) is 6.42 Å². The number of nitrogens with one attached hydrogen (secondary N) is 1. The number of hydrogen-bond acceptors (Lipinski definition) is 5. The molecule has 1 N–H and O–H groups in total. The van der Waals surface area contributed by atoms with Crippen LogP contribution in [0, 0.1) is 5.92 Å². The van der Waals surface area contributed by atoms with Crippen molar-refractivity contribution in [2.45, 2.75) is 32.7 Å². The van der Waals surface area contributed by atoms with Crippen LogP contribution in [0.1, 0.15) is 26.7 Å². The Hall–Kier alpha value is -1.59. The molecule has 0 aromatic heterocycles. The van der Waals surface area contributed by atoms with Crippen LogP contribution in [-0.2, 0) is 23.9 Å². The average molecular weight is 245 g/mol. The van der Waals surface area contributed by atoms with Gasteiger partial charge in [0, 0.05) is 0 Å². The summed E-state index contributed by atoms with van der Waals surface area (Å²) in [5.74, 6) is -1.49. The summed E-state index contributed by atoms with van der Waals surface area (Å²) in [5.41, 5.74) is 0. The third kappa shape index (κ3) is 6.55. The molecule has 1 amide bonds. The summed E-state index contributed by atoms with van der Waals surface area (Å²) in [5, 5.41) is 2.45. The molecule has 0 bridgehead atoms. The standard InChI is InChI=1S/C11H19NO5/c1-7(2)5-8(11(15)17-4)12-9(13)6-10(14)16-3/h7-8H,5-6H2,1-4H3,(H,12,13). The number of ether oxygens (including phenoxy) is 2. The molecule has 0 fully saturated rings. The van der Waals surface area contributed by atoms with Crippen molar-refractivity contribution in [2.24, 2.45) is 5.92 Å². The zero-order valence-electron chi connectivity index (χ0n) is 10.6. The first-order valence-corrected chi connectivity index (χ1v) is 5.34. The van der Waals surface area contributed by atoms with Crippen molar-refractivity contribution >= 4 is 17.8 Å². The predicted molar refractivity (Wildman–Crippen MR) is 60.0 cm³/mol. The molecule has 0 aromatic carbocycles. The van der Waals surface area contributed by atoms with Gasteiger partial charge in [0.2, 0.25) is 5.91 Å². The fraction of sp³-hybridized carbons (Fsp3) is 0.727. The van der Waals surface area contributed by atoms with E-state index in [1.54, 1.807) is 0 Å². The maximum Gasteiger partial charge on any atom is 0.328 e. The molecule has 0 spiro atoms.